The second kappa shape index (κ2) is 10.3. The van der Waals surface area contributed by atoms with E-state index in [-0.39, 0.29) is 6.61 Å². The SMILES string of the molecule is CCOc1cc(/C=N\NC(=O)COc2ccc(OC)cc2)cc(Cl)c1OC. The molecule has 0 saturated carbocycles. The molecule has 0 aromatic heterocycles. The van der Waals surface area contributed by atoms with Crippen LogP contribution in [0.2, 0.25) is 5.02 Å². The third kappa shape index (κ3) is 6.07. The van der Waals surface area contributed by atoms with Crippen LogP contribution in [0.25, 0.3) is 0 Å². The Hall–Kier alpha value is -2.93. The van der Waals surface area contributed by atoms with Crippen LogP contribution in [0.5, 0.6) is 23.0 Å². The highest BCUT2D eigenvalue weighted by molar-refractivity contribution is 6.32. The summed E-state index contributed by atoms with van der Waals surface area (Å²) in [5, 5.41) is 4.29. The van der Waals surface area contributed by atoms with E-state index < -0.39 is 5.91 Å². The Morgan fingerprint density at radius 3 is 2.44 bits per heavy atom. The fourth-order valence-electron chi connectivity index (χ4n) is 2.16. The summed E-state index contributed by atoms with van der Waals surface area (Å²) in [6, 6.07) is 10.3. The highest BCUT2D eigenvalue weighted by Crippen LogP contribution is 2.35. The topological polar surface area (TPSA) is 78.4 Å². The van der Waals surface area contributed by atoms with Gasteiger partial charge in [0.1, 0.15) is 11.5 Å². The molecule has 2 aromatic rings. The molecule has 2 aromatic carbocycles. The first kappa shape index (κ1) is 20.4. The Kier molecular flexibility index (Phi) is 7.76. The van der Waals surface area contributed by atoms with Crippen molar-refractivity contribution in [3.05, 3.63) is 47.0 Å². The molecule has 2 rings (SSSR count). The van der Waals surface area contributed by atoms with Gasteiger partial charge in [-0.2, -0.15) is 5.10 Å². The number of amides is 1. The van der Waals surface area contributed by atoms with Crippen molar-refractivity contribution in [2.45, 2.75) is 6.92 Å². The van der Waals surface area contributed by atoms with Gasteiger partial charge in [0.15, 0.2) is 18.1 Å². The molecule has 8 heteroatoms. The summed E-state index contributed by atoms with van der Waals surface area (Å²) in [5.74, 6) is 1.82. The molecule has 0 heterocycles. The van der Waals surface area contributed by atoms with Crippen LogP contribution in [0.4, 0.5) is 0 Å². The molecule has 0 radical (unpaired) electrons. The molecule has 144 valence electrons. The Balaban J connectivity index is 1.91. The van der Waals surface area contributed by atoms with Gasteiger partial charge in [-0.1, -0.05) is 11.6 Å². The first-order valence-electron chi connectivity index (χ1n) is 8.16. The van der Waals surface area contributed by atoms with E-state index in [2.05, 4.69) is 10.5 Å². The average Bonchev–Trinajstić information content (AvgIpc) is 2.67. The summed E-state index contributed by atoms with van der Waals surface area (Å²) < 4.78 is 21.1. The monoisotopic (exact) mass is 392 g/mol. The average molecular weight is 393 g/mol. The molecule has 0 atom stereocenters. The molecule has 0 bridgehead atoms. The fraction of sp³-hybridized carbons (Fsp3) is 0.263. The zero-order valence-electron chi connectivity index (χ0n) is 15.3. The van der Waals surface area contributed by atoms with Gasteiger partial charge in [-0.05, 0) is 48.9 Å². The van der Waals surface area contributed by atoms with Crippen molar-refractivity contribution in [2.24, 2.45) is 5.10 Å². The third-order valence-corrected chi connectivity index (χ3v) is 3.65. The lowest BCUT2D eigenvalue weighted by Crippen LogP contribution is -2.24. The number of hydrazone groups is 1. The van der Waals surface area contributed by atoms with Crippen molar-refractivity contribution in [1.29, 1.82) is 0 Å². The lowest BCUT2D eigenvalue weighted by Gasteiger charge is -2.11. The molecule has 1 amide bonds. The van der Waals surface area contributed by atoms with Gasteiger partial charge in [-0.25, -0.2) is 5.43 Å². The number of nitrogens with one attached hydrogen (secondary N) is 1. The second-order valence-corrected chi connectivity index (χ2v) is 5.63. The maximum absolute atomic E-state index is 11.8. The van der Waals surface area contributed by atoms with E-state index in [1.807, 2.05) is 6.92 Å². The Morgan fingerprint density at radius 1 is 1.11 bits per heavy atom. The summed E-state index contributed by atoms with van der Waals surface area (Å²) in [6.07, 6.45) is 1.46. The molecule has 0 fully saturated rings. The maximum Gasteiger partial charge on any atom is 0.277 e. The van der Waals surface area contributed by atoms with Crippen molar-refractivity contribution >= 4 is 23.7 Å². The van der Waals surface area contributed by atoms with Crippen molar-refractivity contribution in [3.63, 3.8) is 0 Å². The summed E-state index contributed by atoms with van der Waals surface area (Å²) in [5.41, 5.74) is 3.04. The van der Waals surface area contributed by atoms with E-state index in [1.54, 1.807) is 43.5 Å². The van der Waals surface area contributed by atoms with Crippen molar-refractivity contribution < 1.29 is 23.7 Å². The minimum Gasteiger partial charge on any atom is -0.497 e. The van der Waals surface area contributed by atoms with Crippen LogP contribution in [0, 0.1) is 0 Å². The summed E-state index contributed by atoms with van der Waals surface area (Å²) in [7, 11) is 3.09. The largest absolute Gasteiger partial charge is 0.497 e. The Morgan fingerprint density at radius 2 is 1.81 bits per heavy atom. The number of halogens is 1. The first-order chi connectivity index (χ1) is 13.1. The molecule has 0 saturated heterocycles. The zero-order valence-corrected chi connectivity index (χ0v) is 16.1. The molecule has 27 heavy (non-hydrogen) atoms. The van der Waals surface area contributed by atoms with Gasteiger partial charge >= 0.3 is 0 Å². The lowest BCUT2D eigenvalue weighted by molar-refractivity contribution is -0.123. The third-order valence-electron chi connectivity index (χ3n) is 3.37. The molecular weight excluding hydrogens is 372 g/mol. The molecule has 0 aliphatic carbocycles. The van der Waals surface area contributed by atoms with Crippen LogP contribution < -0.4 is 24.4 Å². The maximum atomic E-state index is 11.8. The number of hydrogen-bond acceptors (Lipinski definition) is 6. The van der Waals surface area contributed by atoms with Crippen LogP contribution >= 0.6 is 11.6 Å². The number of methoxy groups -OCH3 is 2. The normalized spacial score (nSPS) is 10.5. The van der Waals surface area contributed by atoms with E-state index in [0.717, 1.165) is 0 Å². The van der Waals surface area contributed by atoms with Crippen LogP contribution in [-0.4, -0.2) is 39.6 Å². The van der Waals surface area contributed by atoms with Crippen LogP contribution in [0.1, 0.15) is 12.5 Å². The molecule has 7 nitrogen and oxygen atoms in total. The van der Waals surface area contributed by atoms with E-state index >= 15 is 0 Å². The minimum absolute atomic E-state index is 0.169. The smallest absolute Gasteiger partial charge is 0.277 e. The van der Waals surface area contributed by atoms with Gasteiger partial charge < -0.3 is 18.9 Å². The Labute approximate surface area is 162 Å². The number of carbonyl (C=O) groups excluding carboxylic acids is 1. The highest BCUT2D eigenvalue weighted by atomic mass is 35.5. The number of nitrogens with zero attached hydrogens (tertiary/aromatic N) is 1. The van der Waals surface area contributed by atoms with Gasteiger partial charge in [0.2, 0.25) is 0 Å². The summed E-state index contributed by atoms with van der Waals surface area (Å²) in [6.45, 7) is 2.15. The minimum atomic E-state index is -0.397. The van der Waals surface area contributed by atoms with Gasteiger partial charge in [0.05, 0.1) is 32.1 Å². The number of benzene rings is 2. The molecule has 0 aliphatic heterocycles. The van der Waals surface area contributed by atoms with E-state index in [0.29, 0.717) is 40.2 Å². The van der Waals surface area contributed by atoms with E-state index in [1.165, 1.54) is 13.3 Å². The van der Waals surface area contributed by atoms with E-state index in [4.69, 9.17) is 30.5 Å². The fourth-order valence-corrected chi connectivity index (χ4v) is 2.45. The number of rotatable bonds is 9. The zero-order chi connectivity index (χ0) is 19.6. The van der Waals surface area contributed by atoms with Crippen LogP contribution in [-0.2, 0) is 4.79 Å². The van der Waals surface area contributed by atoms with Crippen molar-refractivity contribution in [1.82, 2.24) is 5.43 Å². The molecule has 0 spiro atoms. The van der Waals surface area contributed by atoms with Crippen molar-refractivity contribution in [3.8, 4) is 23.0 Å². The van der Waals surface area contributed by atoms with Gasteiger partial charge in [-0.3, -0.25) is 4.79 Å². The van der Waals surface area contributed by atoms with Crippen molar-refractivity contribution in [2.75, 3.05) is 27.4 Å². The predicted molar refractivity (Wildman–Crippen MR) is 103 cm³/mol. The molecule has 0 aliphatic rings. The van der Waals surface area contributed by atoms with Gasteiger partial charge in [-0.15, -0.1) is 0 Å². The summed E-state index contributed by atoms with van der Waals surface area (Å²) in [4.78, 5) is 11.8. The Bertz CT molecular complexity index is 793. The lowest BCUT2D eigenvalue weighted by atomic mass is 10.2. The summed E-state index contributed by atoms with van der Waals surface area (Å²) >= 11 is 6.17. The van der Waals surface area contributed by atoms with Gasteiger partial charge in [0.25, 0.3) is 5.91 Å². The molecular formula is C19H21ClN2O5. The molecule has 1 N–H and O–H groups in total. The quantitative estimate of drug-likeness (QED) is 0.523. The van der Waals surface area contributed by atoms with E-state index in [9.17, 15) is 4.79 Å². The highest BCUT2D eigenvalue weighted by Gasteiger charge is 2.10. The molecule has 0 unspecified atom stereocenters. The predicted octanol–water partition coefficient (Wildman–Crippen LogP) is 3.29. The number of ether oxygens (including phenoxy) is 4. The first-order valence-corrected chi connectivity index (χ1v) is 8.54. The number of carbonyl (C=O) groups is 1. The van der Waals surface area contributed by atoms with Crippen LogP contribution in [0.15, 0.2) is 41.5 Å². The second-order valence-electron chi connectivity index (χ2n) is 5.22. The number of hydrogen-bond donors (Lipinski definition) is 1. The van der Waals surface area contributed by atoms with Crippen LogP contribution in [0.3, 0.4) is 0 Å². The van der Waals surface area contributed by atoms with Gasteiger partial charge in [0, 0.05) is 0 Å². The standard InChI is InChI=1S/C19H21ClN2O5/c1-4-26-17-10-13(9-16(20)19(17)25-3)11-21-22-18(23)12-27-15-7-5-14(24-2)6-8-15/h5-11H,4,12H2,1-3H3,(H,22,23)/b21-11-.